The van der Waals surface area contributed by atoms with Gasteiger partial charge in [-0.3, -0.25) is 0 Å². The van der Waals surface area contributed by atoms with Crippen LogP contribution in [0.1, 0.15) is 33.4 Å². The van der Waals surface area contributed by atoms with Gasteiger partial charge in [-0.15, -0.1) is 0 Å². The zero-order chi connectivity index (χ0) is 45.1. The summed E-state index contributed by atoms with van der Waals surface area (Å²) >= 11 is 0. The van der Waals surface area contributed by atoms with Crippen LogP contribution >= 0.6 is 0 Å². The minimum absolute atomic E-state index is 0.677. The molecule has 2 aliphatic heterocycles. The Kier molecular flexibility index (Phi) is 11.1. The van der Waals surface area contributed by atoms with Gasteiger partial charge >= 0.3 is 0 Å². The molecule has 8 aromatic carbocycles. The van der Waals surface area contributed by atoms with E-state index < -0.39 is 11.3 Å². The van der Waals surface area contributed by atoms with Gasteiger partial charge in [0.05, 0.1) is 51.3 Å². The second kappa shape index (κ2) is 17.7. The van der Waals surface area contributed by atoms with E-state index in [0.717, 1.165) is 78.6 Å². The van der Waals surface area contributed by atoms with E-state index >= 15 is 0 Å². The van der Waals surface area contributed by atoms with Crippen molar-refractivity contribution >= 4 is 22.8 Å². The van der Waals surface area contributed by atoms with E-state index in [4.69, 9.17) is 38.9 Å². The first-order chi connectivity index (χ1) is 32.5. The molecule has 0 bridgehead atoms. The van der Waals surface area contributed by atoms with Gasteiger partial charge in [-0.05, 0) is 119 Å². The summed E-state index contributed by atoms with van der Waals surface area (Å²) in [5, 5.41) is 0. The highest BCUT2D eigenvalue weighted by Gasteiger charge is 2.62. The van der Waals surface area contributed by atoms with Crippen LogP contribution in [0.2, 0.25) is 0 Å². The summed E-state index contributed by atoms with van der Waals surface area (Å²) < 4.78 is 22.6. The van der Waals surface area contributed by atoms with E-state index in [9.17, 15) is 0 Å². The van der Waals surface area contributed by atoms with E-state index in [2.05, 4.69) is 97.1 Å². The summed E-state index contributed by atoms with van der Waals surface area (Å²) in [5.74, 6) is 2.92. The van der Waals surface area contributed by atoms with Crippen molar-refractivity contribution in [2.75, 3.05) is 28.4 Å². The number of rotatable bonds is 13. The summed E-state index contributed by atoms with van der Waals surface area (Å²) in [6.07, 6.45) is 0. The summed E-state index contributed by atoms with van der Waals surface area (Å²) in [4.78, 5) is 24.3. The van der Waals surface area contributed by atoms with Crippen LogP contribution in [-0.2, 0) is 11.3 Å². The number of hydrogen-bond acceptors (Lipinski definition) is 8. The van der Waals surface area contributed by atoms with Gasteiger partial charge in [0.1, 0.15) is 23.0 Å². The Morgan fingerprint density at radius 2 is 0.500 bits per heavy atom. The van der Waals surface area contributed by atoms with Crippen molar-refractivity contribution in [1.29, 1.82) is 0 Å². The molecule has 0 atom stereocenters. The molecule has 0 fully saturated rings. The molecule has 0 unspecified atom stereocenters. The zero-order valence-electron chi connectivity index (χ0n) is 37.1. The number of methoxy groups -OCH3 is 4. The van der Waals surface area contributed by atoms with Gasteiger partial charge in [0.2, 0.25) is 11.3 Å². The average Bonchev–Trinajstić information content (AvgIpc) is 4.02. The molecule has 0 spiro atoms. The molecule has 8 aromatic rings. The largest absolute Gasteiger partial charge is 0.497 e. The normalized spacial score (nSPS) is 14.7. The Morgan fingerprint density at radius 3 is 0.758 bits per heavy atom. The summed E-state index contributed by atoms with van der Waals surface area (Å²) in [7, 11) is 6.68. The van der Waals surface area contributed by atoms with Gasteiger partial charge in [-0.2, -0.15) is 0 Å². The molecule has 66 heavy (non-hydrogen) atoms. The molecule has 0 amide bonds. The molecule has 8 heteroatoms. The molecule has 0 N–H and O–H groups in total. The standard InChI is InChI=1S/C58H46N4O4/c1-63-45-31-23-41(24-32-45)53-54(42-25-33-46(64-2)34-26-42)60-57(59-53,51-21-13-11-19-49(51)39-15-7-5-8-16-39)58(52-22-14-12-20-50(52)40-17-9-6-10-18-40)61-55(43-27-35-47(65-3)36-28-43)56(62-58)44-29-37-48(66-4)38-30-44/h5-38H,1-4H3. The van der Waals surface area contributed by atoms with Gasteiger partial charge in [0.25, 0.3) is 0 Å². The van der Waals surface area contributed by atoms with Crippen LogP contribution in [-0.4, -0.2) is 51.3 Å². The van der Waals surface area contributed by atoms with Crippen molar-refractivity contribution in [3.8, 4) is 45.3 Å². The average molecular weight is 863 g/mol. The lowest BCUT2D eigenvalue weighted by Crippen LogP contribution is -2.44. The molecule has 2 aliphatic rings. The minimum Gasteiger partial charge on any atom is -0.497 e. The van der Waals surface area contributed by atoms with Crippen molar-refractivity contribution in [3.05, 3.63) is 240 Å². The van der Waals surface area contributed by atoms with Crippen LogP contribution in [0.25, 0.3) is 22.3 Å². The van der Waals surface area contributed by atoms with Crippen LogP contribution < -0.4 is 18.9 Å². The number of nitrogens with zero attached hydrogens (tertiary/aromatic N) is 4. The van der Waals surface area contributed by atoms with E-state index in [1.807, 2.05) is 109 Å². The Morgan fingerprint density at radius 1 is 0.258 bits per heavy atom. The van der Waals surface area contributed by atoms with E-state index in [1.165, 1.54) is 0 Å². The Labute approximate surface area is 385 Å². The van der Waals surface area contributed by atoms with Gasteiger partial charge in [-0.1, -0.05) is 109 Å². The smallest absolute Gasteiger partial charge is 0.227 e. The predicted octanol–water partition coefficient (Wildman–Crippen LogP) is 12.0. The van der Waals surface area contributed by atoms with Gasteiger partial charge in [0.15, 0.2) is 0 Å². The van der Waals surface area contributed by atoms with Crippen molar-refractivity contribution in [2.24, 2.45) is 20.0 Å². The van der Waals surface area contributed by atoms with Gasteiger partial charge in [-0.25, -0.2) is 20.0 Å². The molecule has 322 valence electrons. The highest BCUT2D eigenvalue weighted by atomic mass is 16.5. The summed E-state index contributed by atoms with van der Waals surface area (Å²) in [6.45, 7) is 0. The van der Waals surface area contributed by atoms with E-state index in [-0.39, 0.29) is 0 Å². The number of hydrogen-bond donors (Lipinski definition) is 0. The lowest BCUT2D eigenvalue weighted by molar-refractivity contribution is 0.258. The third-order valence-electron chi connectivity index (χ3n) is 12.3. The van der Waals surface area contributed by atoms with Crippen molar-refractivity contribution in [2.45, 2.75) is 11.3 Å². The van der Waals surface area contributed by atoms with Crippen LogP contribution in [0.15, 0.2) is 226 Å². The number of aliphatic imine (C=N–C) groups is 4. The van der Waals surface area contributed by atoms with Crippen LogP contribution in [0, 0.1) is 0 Å². The van der Waals surface area contributed by atoms with E-state index in [1.54, 1.807) is 28.4 Å². The fraction of sp³-hybridized carbons (Fsp3) is 0.103. The van der Waals surface area contributed by atoms with Gasteiger partial charge in [0, 0.05) is 33.4 Å². The SMILES string of the molecule is COc1ccc(C2=NC(c3ccccc3-c3ccccc3)(C3(c4ccccc4-c4ccccc4)N=C(c4ccc(OC)cc4)C(c4ccc(OC)cc4)=N3)N=C2c2ccc(OC)cc2)cc1. The predicted molar refractivity (Wildman–Crippen MR) is 265 cm³/mol. The third-order valence-corrected chi connectivity index (χ3v) is 12.3. The molecule has 0 aromatic heterocycles. The maximum Gasteiger partial charge on any atom is 0.227 e. The molecule has 0 aliphatic carbocycles. The quantitative estimate of drug-likeness (QED) is 0.116. The summed E-state index contributed by atoms with van der Waals surface area (Å²) in [5.41, 5.74) is 8.51. The zero-order valence-corrected chi connectivity index (χ0v) is 37.1. The Hall–Kier alpha value is -8.36. The second-order valence-corrected chi connectivity index (χ2v) is 15.9. The van der Waals surface area contributed by atoms with Crippen LogP contribution in [0.4, 0.5) is 0 Å². The first-order valence-electron chi connectivity index (χ1n) is 21.7. The minimum atomic E-state index is -1.58. The monoisotopic (exact) mass is 862 g/mol. The van der Waals surface area contributed by atoms with Crippen molar-refractivity contribution in [3.63, 3.8) is 0 Å². The fourth-order valence-electron chi connectivity index (χ4n) is 8.95. The highest BCUT2D eigenvalue weighted by Crippen LogP contribution is 2.58. The van der Waals surface area contributed by atoms with Crippen molar-refractivity contribution in [1.82, 2.24) is 0 Å². The molecule has 2 heterocycles. The molecule has 8 nitrogen and oxygen atoms in total. The van der Waals surface area contributed by atoms with E-state index in [0.29, 0.717) is 22.8 Å². The molecule has 0 saturated carbocycles. The maximum absolute atomic E-state index is 6.07. The van der Waals surface area contributed by atoms with Crippen LogP contribution in [0.5, 0.6) is 23.0 Å². The Bertz CT molecular complexity index is 2800. The maximum atomic E-state index is 6.07. The molecular formula is C58H46N4O4. The Balaban J connectivity index is 1.40. The summed E-state index contributed by atoms with van der Waals surface area (Å²) in [6, 6.07) is 69.5. The molecule has 10 rings (SSSR count). The lowest BCUT2D eigenvalue weighted by Gasteiger charge is -2.40. The lowest BCUT2D eigenvalue weighted by atomic mass is 9.77. The first-order valence-corrected chi connectivity index (χ1v) is 21.7. The number of ether oxygens (including phenoxy) is 4. The fourth-order valence-corrected chi connectivity index (χ4v) is 8.95. The van der Waals surface area contributed by atoms with Crippen molar-refractivity contribution < 1.29 is 18.9 Å². The first kappa shape index (κ1) is 41.6. The number of benzene rings is 8. The third kappa shape index (κ3) is 7.32. The second-order valence-electron chi connectivity index (χ2n) is 15.9. The molecule has 0 radical (unpaired) electrons. The van der Waals surface area contributed by atoms with Gasteiger partial charge < -0.3 is 18.9 Å². The molecule has 0 saturated heterocycles. The topological polar surface area (TPSA) is 86.4 Å². The van der Waals surface area contributed by atoms with Crippen LogP contribution in [0.3, 0.4) is 0 Å². The highest BCUT2D eigenvalue weighted by molar-refractivity contribution is 6.56. The molecular weight excluding hydrogens is 817 g/mol.